The number of allylic oxidation sites excluding steroid dienone is 1. The van der Waals surface area contributed by atoms with Gasteiger partial charge in [-0.15, -0.1) is 0 Å². The molecule has 0 unspecified atom stereocenters. The lowest BCUT2D eigenvalue weighted by molar-refractivity contribution is -0.166. The topological polar surface area (TPSA) is 86.0 Å². The van der Waals surface area contributed by atoms with E-state index < -0.39 is 24.1 Å². The van der Waals surface area contributed by atoms with E-state index in [-0.39, 0.29) is 30.3 Å². The molecule has 4 rings (SSSR count). The lowest BCUT2D eigenvalue weighted by Gasteiger charge is -2.30. The number of furan rings is 1. The first-order valence-corrected chi connectivity index (χ1v) is 16.4. The standard InChI is InChI=1S/C39H52O6/c1-27-8-10-28(11-9-27)12-13-29-15-18-34-32(20-29)21-33(44-34)17-19-35(41)43-26-39(25-40)24-31(36(42)45-39)16-14-30(22-37(2,3)4)23-38(5,6)7/h8-11,15-16,18,20-21,30,40H,12-14,17,19,22-26H2,1-7H3/b31-16+/t39-/m1/s1. The van der Waals surface area contributed by atoms with E-state index >= 15 is 0 Å². The molecule has 1 N–H and O–H groups in total. The van der Waals surface area contributed by atoms with Gasteiger partial charge in [0, 0.05) is 23.8 Å². The zero-order chi connectivity index (χ0) is 32.8. The van der Waals surface area contributed by atoms with Gasteiger partial charge in [-0.2, -0.15) is 0 Å². The second-order valence-corrected chi connectivity index (χ2v) is 15.5. The Balaban J connectivity index is 1.28. The molecule has 0 radical (unpaired) electrons. The van der Waals surface area contributed by atoms with Crippen molar-refractivity contribution in [3.05, 3.63) is 82.6 Å². The van der Waals surface area contributed by atoms with Crippen molar-refractivity contribution in [2.75, 3.05) is 13.2 Å². The van der Waals surface area contributed by atoms with Crippen LogP contribution in [0.2, 0.25) is 0 Å². The molecule has 45 heavy (non-hydrogen) atoms. The predicted octanol–water partition coefficient (Wildman–Crippen LogP) is 8.49. The first kappa shape index (κ1) is 34.5. The number of carbonyl (C=O) groups excluding carboxylic acids is 2. The fourth-order valence-corrected chi connectivity index (χ4v) is 6.35. The van der Waals surface area contributed by atoms with Crippen LogP contribution in [0.5, 0.6) is 0 Å². The number of aryl methyl sites for hydroxylation is 4. The van der Waals surface area contributed by atoms with Gasteiger partial charge in [-0.3, -0.25) is 4.79 Å². The molecule has 1 aliphatic heterocycles. The number of hydrogen-bond acceptors (Lipinski definition) is 6. The van der Waals surface area contributed by atoms with Crippen LogP contribution in [0.1, 0.15) is 96.1 Å². The minimum Gasteiger partial charge on any atom is -0.461 e. The largest absolute Gasteiger partial charge is 0.461 e. The number of rotatable bonds is 13. The average molecular weight is 617 g/mol. The van der Waals surface area contributed by atoms with Crippen molar-refractivity contribution in [1.29, 1.82) is 0 Å². The van der Waals surface area contributed by atoms with Crippen molar-refractivity contribution < 1.29 is 28.6 Å². The van der Waals surface area contributed by atoms with E-state index in [0.717, 1.165) is 43.1 Å². The fourth-order valence-electron chi connectivity index (χ4n) is 6.35. The summed E-state index contributed by atoms with van der Waals surface area (Å²) in [7, 11) is 0. The molecule has 0 spiro atoms. The Hall–Kier alpha value is -3.38. The van der Waals surface area contributed by atoms with Gasteiger partial charge < -0.3 is 19.0 Å². The van der Waals surface area contributed by atoms with Crippen molar-refractivity contribution in [2.24, 2.45) is 16.7 Å². The van der Waals surface area contributed by atoms with Gasteiger partial charge in [0.25, 0.3) is 0 Å². The van der Waals surface area contributed by atoms with Gasteiger partial charge in [0.1, 0.15) is 18.0 Å². The highest BCUT2D eigenvalue weighted by atomic mass is 16.6. The first-order chi connectivity index (χ1) is 21.1. The summed E-state index contributed by atoms with van der Waals surface area (Å²) in [5.41, 5.74) is 4.28. The molecule has 1 saturated heterocycles. The summed E-state index contributed by atoms with van der Waals surface area (Å²) < 4.78 is 17.1. The summed E-state index contributed by atoms with van der Waals surface area (Å²) in [4.78, 5) is 25.5. The van der Waals surface area contributed by atoms with E-state index in [0.29, 0.717) is 23.7 Å². The number of esters is 2. The third kappa shape index (κ3) is 10.6. The lowest BCUT2D eigenvalue weighted by atomic mass is 9.75. The molecule has 1 aromatic heterocycles. The number of aliphatic hydroxyl groups is 1. The molecule has 1 aliphatic rings. The molecule has 2 heterocycles. The van der Waals surface area contributed by atoms with Gasteiger partial charge in [0.2, 0.25) is 0 Å². The van der Waals surface area contributed by atoms with Gasteiger partial charge in [-0.1, -0.05) is 83.5 Å². The van der Waals surface area contributed by atoms with Crippen LogP contribution >= 0.6 is 0 Å². The molecule has 0 saturated carbocycles. The molecular formula is C39H52O6. The number of cyclic esters (lactones) is 1. The Labute approximate surface area is 269 Å². The second kappa shape index (κ2) is 14.4. The van der Waals surface area contributed by atoms with Gasteiger partial charge in [0.15, 0.2) is 5.60 Å². The number of benzene rings is 2. The monoisotopic (exact) mass is 616 g/mol. The van der Waals surface area contributed by atoms with Crippen LogP contribution < -0.4 is 0 Å². The summed E-state index contributed by atoms with van der Waals surface area (Å²) in [6.07, 6.45) is 7.49. The Morgan fingerprint density at radius 1 is 0.956 bits per heavy atom. The van der Waals surface area contributed by atoms with E-state index in [1.54, 1.807) is 0 Å². The van der Waals surface area contributed by atoms with Crippen molar-refractivity contribution in [2.45, 2.75) is 105 Å². The number of ether oxygens (including phenoxy) is 2. The van der Waals surface area contributed by atoms with E-state index in [4.69, 9.17) is 13.9 Å². The van der Waals surface area contributed by atoms with Crippen LogP contribution in [0.15, 0.2) is 64.6 Å². The van der Waals surface area contributed by atoms with Crippen molar-refractivity contribution in [3.8, 4) is 0 Å². The Morgan fingerprint density at radius 3 is 2.24 bits per heavy atom. The smallest absolute Gasteiger partial charge is 0.334 e. The summed E-state index contributed by atoms with van der Waals surface area (Å²) >= 11 is 0. The highest BCUT2D eigenvalue weighted by molar-refractivity contribution is 5.91. The number of aliphatic hydroxyl groups excluding tert-OH is 1. The van der Waals surface area contributed by atoms with Gasteiger partial charge in [-0.25, -0.2) is 4.79 Å². The second-order valence-electron chi connectivity index (χ2n) is 15.5. The van der Waals surface area contributed by atoms with E-state index in [9.17, 15) is 14.7 Å². The molecule has 0 aliphatic carbocycles. The molecule has 244 valence electrons. The fraction of sp³-hybridized carbons (Fsp3) is 0.538. The van der Waals surface area contributed by atoms with E-state index in [2.05, 4.69) is 84.9 Å². The summed E-state index contributed by atoms with van der Waals surface area (Å²) in [6, 6.07) is 16.8. The van der Waals surface area contributed by atoms with Crippen LogP contribution in [0.4, 0.5) is 0 Å². The summed E-state index contributed by atoms with van der Waals surface area (Å²) in [5, 5.41) is 11.2. The molecular weight excluding hydrogens is 564 g/mol. The van der Waals surface area contributed by atoms with E-state index in [1.165, 1.54) is 16.7 Å². The molecule has 3 aromatic rings. The SMILES string of the molecule is Cc1ccc(CCc2ccc3oc(CCC(=O)OC[C@]4(CO)C/C(=C\CC(CC(C)(C)C)CC(C)(C)C)C(=O)O4)cc3c2)cc1. The van der Waals surface area contributed by atoms with Crippen molar-refractivity contribution >= 4 is 22.9 Å². The highest BCUT2D eigenvalue weighted by Gasteiger charge is 2.44. The maximum absolute atomic E-state index is 12.8. The quantitative estimate of drug-likeness (QED) is 0.153. The maximum Gasteiger partial charge on any atom is 0.334 e. The number of fused-ring (bicyclic) bond motifs is 1. The maximum atomic E-state index is 12.8. The third-order valence-corrected chi connectivity index (χ3v) is 8.40. The Bertz CT molecular complexity index is 1460. The van der Waals surface area contributed by atoms with Crippen LogP contribution in [-0.2, 0) is 38.3 Å². The minimum absolute atomic E-state index is 0.125. The van der Waals surface area contributed by atoms with Gasteiger partial charge in [-0.05, 0) is 85.1 Å². The van der Waals surface area contributed by atoms with Crippen LogP contribution in [0, 0.1) is 23.7 Å². The Morgan fingerprint density at radius 2 is 1.60 bits per heavy atom. The number of hydrogen-bond donors (Lipinski definition) is 1. The molecule has 1 atom stereocenters. The highest BCUT2D eigenvalue weighted by Crippen LogP contribution is 2.37. The summed E-state index contributed by atoms with van der Waals surface area (Å²) in [5.74, 6) is 0.277. The minimum atomic E-state index is -1.24. The molecule has 6 nitrogen and oxygen atoms in total. The first-order valence-electron chi connectivity index (χ1n) is 16.4. The normalized spacial score (nSPS) is 18.2. The molecule has 1 fully saturated rings. The molecule has 0 bridgehead atoms. The molecule has 6 heteroatoms. The average Bonchev–Trinajstić information content (AvgIpc) is 3.51. The van der Waals surface area contributed by atoms with Crippen molar-refractivity contribution in [1.82, 2.24) is 0 Å². The lowest BCUT2D eigenvalue weighted by Crippen LogP contribution is -2.39. The molecule has 0 amide bonds. The van der Waals surface area contributed by atoms with Crippen LogP contribution in [0.25, 0.3) is 11.0 Å². The van der Waals surface area contributed by atoms with Crippen LogP contribution in [-0.4, -0.2) is 35.9 Å². The molecule has 2 aromatic carbocycles. The van der Waals surface area contributed by atoms with Gasteiger partial charge in [0.05, 0.1) is 13.0 Å². The number of carbonyl (C=O) groups is 2. The van der Waals surface area contributed by atoms with Crippen molar-refractivity contribution in [3.63, 3.8) is 0 Å². The zero-order valence-electron chi connectivity index (χ0n) is 28.3. The third-order valence-electron chi connectivity index (χ3n) is 8.40. The van der Waals surface area contributed by atoms with Crippen LogP contribution in [0.3, 0.4) is 0 Å². The van der Waals surface area contributed by atoms with E-state index in [1.807, 2.05) is 18.2 Å². The Kier molecular flexibility index (Phi) is 11.0. The summed E-state index contributed by atoms with van der Waals surface area (Å²) in [6.45, 7) is 14.9. The zero-order valence-corrected chi connectivity index (χ0v) is 28.3. The predicted molar refractivity (Wildman–Crippen MR) is 179 cm³/mol. The van der Waals surface area contributed by atoms with Gasteiger partial charge >= 0.3 is 11.9 Å².